The lowest BCUT2D eigenvalue weighted by molar-refractivity contribution is -0.130. The van der Waals surface area contributed by atoms with Crippen LogP contribution in [0.5, 0.6) is 0 Å². The summed E-state index contributed by atoms with van der Waals surface area (Å²) in [4.78, 5) is 10.4. The lowest BCUT2D eigenvalue weighted by atomic mass is 9.95. The molecule has 0 radical (unpaired) electrons. The molecule has 4 aromatic carbocycles. The number of aliphatic hydroxyl groups is 1. The molecule has 204 valence electrons. The van der Waals surface area contributed by atoms with Gasteiger partial charge < -0.3 is 9.84 Å². The molecule has 4 aromatic rings. The minimum absolute atomic E-state index is 0.00857. The molecule has 0 aromatic heterocycles. The number of allylic oxidation sites excluding steroid dienone is 1. The monoisotopic (exact) mass is 522 g/mol. The number of aliphatic hydroxyl groups excluding tert-OH is 1. The summed E-state index contributed by atoms with van der Waals surface area (Å²) in [6, 6.07) is 30.7. The van der Waals surface area contributed by atoms with E-state index in [-0.39, 0.29) is 19.1 Å². The molecule has 0 bridgehead atoms. The number of unbranched alkanes of at least 4 members (excludes halogenated alkanes) is 2. The van der Waals surface area contributed by atoms with Gasteiger partial charge in [0.2, 0.25) is 0 Å². The molecule has 0 fully saturated rings. The highest BCUT2D eigenvalue weighted by Crippen LogP contribution is 2.29. The van der Waals surface area contributed by atoms with E-state index in [4.69, 9.17) is 4.74 Å². The summed E-state index contributed by atoms with van der Waals surface area (Å²) in [5, 5.41) is 11.9. The molecular formula is C36H42O3. The van der Waals surface area contributed by atoms with Crippen LogP contribution in [0.2, 0.25) is 0 Å². The molecule has 1 atom stereocenters. The normalized spacial score (nSPS) is 11.4. The zero-order valence-electron chi connectivity index (χ0n) is 23.7. The predicted octanol–water partition coefficient (Wildman–Crippen LogP) is 8.81. The maximum absolute atomic E-state index is 10.4. The predicted molar refractivity (Wildman–Crippen MR) is 165 cm³/mol. The zero-order chi connectivity index (χ0) is 28.0. The Balaban J connectivity index is 0.000000983. The second-order valence-corrected chi connectivity index (χ2v) is 10.5. The number of aryl methyl sites for hydroxylation is 1. The zero-order valence-corrected chi connectivity index (χ0v) is 23.7. The third-order valence-electron chi connectivity index (χ3n) is 6.67. The Morgan fingerprint density at radius 1 is 0.795 bits per heavy atom. The Bertz CT molecular complexity index is 1320. The maximum atomic E-state index is 10.4. The largest absolute Gasteiger partial charge is 0.468 e. The fourth-order valence-electron chi connectivity index (χ4n) is 4.57. The standard InChI is InChI=1S/C32H34O3.C4H8/c1-2-3-4-5-24-6-10-27(11-7-24)29-14-16-32-20-30(15-17-31(32)19-29)28-12-8-25(9-13-28)18-26(21-33)22-35-23-34;1-4(2)3/h6-17,19-20,23,26,33H,2-5,18,21-22H2,1H3;1H2,2-3H3. The Hall–Kier alpha value is -3.69. The number of hydrogen-bond acceptors (Lipinski definition) is 3. The number of carbonyl (C=O) groups is 1. The van der Waals surface area contributed by atoms with E-state index in [0.29, 0.717) is 12.9 Å². The lowest BCUT2D eigenvalue weighted by Crippen LogP contribution is -2.16. The first-order chi connectivity index (χ1) is 18.9. The number of rotatable bonds is 12. The minimum Gasteiger partial charge on any atom is -0.468 e. The molecule has 0 aliphatic heterocycles. The van der Waals surface area contributed by atoms with Crippen molar-refractivity contribution in [1.29, 1.82) is 0 Å². The molecular weight excluding hydrogens is 480 g/mol. The molecule has 0 heterocycles. The van der Waals surface area contributed by atoms with Gasteiger partial charge in [0.25, 0.3) is 6.47 Å². The van der Waals surface area contributed by atoms with E-state index in [1.165, 1.54) is 57.9 Å². The van der Waals surface area contributed by atoms with Crippen LogP contribution in [0.15, 0.2) is 97.1 Å². The molecule has 4 rings (SSSR count). The number of fused-ring (bicyclic) bond motifs is 1. The van der Waals surface area contributed by atoms with E-state index in [0.717, 1.165) is 17.5 Å². The first kappa shape index (κ1) is 29.9. The van der Waals surface area contributed by atoms with Gasteiger partial charge in [-0.15, -0.1) is 6.58 Å². The highest BCUT2D eigenvalue weighted by molar-refractivity contribution is 5.90. The molecule has 39 heavy (non-hydrogen) atoms. The Morgan fingerprint density at radius 2 is 1.28 bits per heavy atom. The summed E-state index contributed by atoms with van der Waals surface area (Å²) in [6.45, 7) is 10.4. The maximum Gasteiger partial charge on any atom is 0.293 e. The summed E-state index contributed by atoms with van der Waals surface area (Å²) >= 11 is 0. The Labute approximate surface area is 234 Å². The molecule has 3 heteroatoms. The molecule has 0 aliphatic rings. The van der Waals surface area contributed by atoms with Crippen LogP contribution in [-0.2, 0) is 22.4 Å². The van der Waals surface area contributed by atoms with Gasteiger partial charge in [-0.25, -0.2) is 0 Å². The second-order valence-electron chi connectivity index (χ2n) is 10.5. The van der Waals surface area contributed by atoms with Crippen molar-refractivity contribution in [2.45, 2.75) is 52.9 Å². The highest BCUT2D eigenvalue weighted by atomic mass is 16.5. The van der Waals surface area contributed by atoms with Crippen molar-refractivity contribution >= 4 is 17.2 Å². The van der Waals surface area contributed by atoms with Crippen molar-refractivity contribution in [3.05, 3.63) is 108 Å². The van der Waals surface area contributed by atoms with Gasteiger partial charge in [0.15, 0.2) is 0 Å². The molecule has 0 saturated heterocycles. The highest BCUT2D eigenvalue weighted by Gasteiger charge is 2.10. The third-order valence-corrected chi connectivity index (χ3v) is 6.67. The van der Waals surface area contributed by atoms with Crippen LogP contribution in [0.1, 0.15) is 51.2 Å². The van der Waals surface area contributed by atoms with Crippen LogP contribution in [-0.4, -0.2) is 24.8 Å². The van der Waals surface area contributed by atoms with Crippen molar-refractivity contribution < 1.29 is 14.6 Å². The van der Waals surface area contributed by atoms with E-state index in [9.17, 15) is 9.90 Å². The number of ether oxygens (including phenoxy) is 1. The van der Waals surface area contributed by atoms with Gasteiger partial charge in [-0.2, -0.15) is 0 Å². The van der Waals surface area contributed by atoms with Gasteiger partial charge in [0.05, 0.1) is 6.61 Å². The number of benzene rings is 4. The van der Waals surface area contributed by atoms with Crippen molar-refractivity contribution in [3.8, 4) is 22.3 Å². The van der Waals surface area contributed by atoms with E-state index < -0.39 is 0 Å². The lowest BCUT2D eigenvalue weighted by Gasteiger charge is -2.13. The van der Waals surface area contributed by atoms with Gasteiger partial charge in [-0.1, -0.05) is 98.1 Å². The molecule has 0 saturated carbocycles. The Morgan fingerprint density at radius 3 is 1.74 bits per heavy atom. The number of hydrogen-bond donors (Lipinski definition) is 1. The fraction of sp³-hybridized carbons (Fsp3) is 0.306. The van der Waals surface area contributed by atoms with Crippen LogP contribution in [0.25, 0.3) is 33.0 Å². The second kappa shape index (κ2) is 15.7. The molecule has 0 spiro atoms. The van der Waals surface area contributed by atoms with Crippen molar-refractivity contribution in [2.24, 2.45) is 5.92 Å². The van der Waals surface area contributed by atoms with Crippen LogP contribution in [0.3, 0.4) is 0 Å². The van der Waals surface area contributed by atoms with Gasteiger partial charge in [-0.05, 0) is 89.4 Å². The molecule has 3 nitrogen and oxygen atoms in total. The summed E-state index contributed by atoms with van der Waals surface area (Å²) in [5.41, 5.74) is 8.53. The van der Waals surface area contributed by atoms with Crippen LogP contribution in [0, 0.1) is 5.92 Å². The van der Waals surface area contributed by atoms with E-state index >= 15 is 0 Å². The summed E-state index contributed by atoms with van der Waals surface area (Å²) in [6.07, 6.45) is 5.64. The van der Waals surface area contributed by atoms with Gasteiger partial charge >= 0.3 is 0 Å². The van der Waals surface area contributed by atoms with Crippen LogP contribution in [0.4, 0.5) is 0 Å². The van der Waals surface area contributed by atoms with Crippen molar-refractivity contribution in [2.75, 3.05) is 13.2 Å². The van der Waals surface area contributed by atoms with E-state index in [2.05, 4.69) is 98.4 Å². The summed E-state index contributed by atoms with van der Waals surface area (Å²) in [7, 11) is 0. The summed E-state index contributed by atoms with van der Waals surface area (Å²) < 4.78 is 4.81. The molecule has 1 unspecified atom stereocenters. The van der Waals surface area contributed by atoms with E-state index in [1.54, 1.807) is 0 Å². The van der Waals surface area contributed by atoms with Gasteiger partial charge in [0, 0.05) is 12.5 Å². The Kier molecular flexibility index (Phi) is 12.0. The smallest absolute Gasteiger partial charge is 0.293 e. The molecule has 1 N–H and O–H groups in total. The van der Waals surface area contributed by atoms with Crippen LogP contribution >= 0.6 is 0 Å². The quantitative estimate of drug-likeness (QED) is 0.115. The van der Waals surface area contributed by atoms with E-state index in [1.807, 2.05) is 13.8 Å². The average Bonchev–Trinajstić information content (AvgIpc) is 2.95. The number of carbonyl (C=O) groups excluding carboxylic acids is 1. The van der Waals surface area contributed by atoms with Gasteiger partial charge in [0.1, 0.15) is 0 Å². The average molecular weight is 523 g/mol. The first-order valence-electron chi connectivity index (χ1n) is 13.9. The molecule has 0 amide bonds. The molecule has 0 aliphatic carbocycles. The SMILES string of the molecule is C=C(C)C.CCCCCc1ccc(-c2ccc3cc(-c4ccc(CC(CO)COC=O)cc4)ccc3c2)cc1. The van der Waals surface area contributed by atoms with Crippen molar-refractivity contribution in [3.63, 3.8) is 0 Å². The topological polar surface area (TPSA) is 46.5 Å². The summed E-state index contributed by atoms with van der Waals surface area (Å²) in [5.74, 6) is -0.0850. The fourth-order valence-corrected chi connectivity index (χ4v) is 4.57. The van der Waals surface area contributed by atoms with Crippen LogP contribution < -0.4 is 0 Å². The van der Waals surface area contributed by atoms with Crippen molar-refractivity contribution in [1.82, 2.24) is 0 Å². The minimum atomic E-state index is -0.0850. The first-order valence-corrected chi connectivity index (χ1v) is 13.9. The van der Waals surface area contributed by atoms with Gasteiger partial charge in [-0.3, -0.25) is 4.79 Å². The third kappa shape index (κ3) is 9.53.